The highest BCUT2D eigenvalue weighted by molar-refractivity contribution is 6.06. The summed E-state index contributed by atoms with van der Waals surface area (Å²) in [6, 6.07) is 18.3. The number of pyridine rings is 1. The molecule has 1 fully saturated rings. The smallest absolute Gasteiger partial charge is 0.255 e. The van der Waals surface area contributed by atoms with Gasteiger partial charge in [-0.2, -0.15) is 0 Å². The van der Waals surface area contributed by atoms with Crippen molar-refractivity contribution >= 4 is 23.3 Å². The first-order chi connectivity index (χ1) is 17.7. The summed E-state index contributed by atoms with van der Waals surface area (Å²) in [6.45, 7) is 3.14. The zero-order valence-electron chi connectivity index (χ0n) is 19.9. The lowest BCUT2D eigenvalue weighted by Gasteiger charge is -2.36. The van der Waals surface area contributed by atoms with Crippen molar-refractivity contribution in [1.29, 1.82) is 0 Å². The summed E-state index contributed by atoms with van der Waals surface area (Å²) in [7, 11) is 0. The Morgan fingerprint density at radius 2 is 1.75 bits per heavy atom. The van der Waals surface area contributed by atoms with Crippen LogP contribution >= 0.6 is 0 Å². The number of piperazine rings is 1. The molecule has 1 N–H and O–H groups in total. The lowest BCUT2D eigenvalue weighted by molar-refractivity contribution is -0.131. The minimum Gasteiger partial charge on any atom is -0.494 e. The number of anilines is 2. The molecule has 2 aromatic carbocycles. The lowest BCUT2D eigenvalue weighted by atomic mass is 10.2. The molecule has 186 valence electrons. The van der Waals surface area contributed by atoms with Gasteiger partial charge in [0.25, 0.3) is 5.91 Å². The van der Waals surface area contributed by atoms with Crippen molar-refractivity contribution in [2.45, 2.75) is 12.8 Å². The second-order valence-electron chi connectivity index (χ2n) is 8.53. The van der Waals surface area contributed by atoms with Crippen molar-refractivity contribution in [3.05, 3.63) is 72.4 Å². The van der Waals surface area contributed by atoms with E-state index in [1.165, 1.54) is 0 Å². The molecule has 1 saturated heterocycles. The van der Waals surface area contributed by atoms with Crippen molar-refractivity contribution < 1.29 is 23.8 Å². The molecular formula is C27H28N4O5. The Bertz CT molecular complexity index is 1210. The van der Waals surface area contributed by atoms with Gasteiger partial charge in [0.2, 0.25) is 12.7 Å². The molecule has 9 heteroatoms. The molecule has 3 heterocycles. The monoisotopic (exact) mass is 488 g/mol. The summed E-state index contributed by atoms with van der Waals surface area (Å²) >= 11 is 0. The number of para-hydroxylation sites is 1. The minimum absolute atomic E-state index is 0.128. The number of ether oxygens (including phenoxy) is 3. The molecule has 2 aliphatic heterocycles. The van der Waals surface area contributed by atoms with Crippen molar-refractivity contribution in [2.75, 3.05) is 49.8 Å². The Hall–Kier alpha value is -4.27. The highest BCUT2D eigenvalue weighted by Crippen LogP contribution is 2.33. The molecule has 0 unspecified atom stereocenters. The molecule has 9 nitrogen and oxygen atoms in total. The molecule has 0 aliphatic carbocycles. The highest BCUT2D eigenvalue weighted by atomic mass is 16.7. The molecule has 2 aliphatic rings. The fourth-order valence-electron chi connectivity index (χ4n) is 4.23. The first-order valence-corrected chi connectivity index (χ1v) is 12.0. The number of carbonyl (C=O) groups excluding carboxylic acids is 2. The summed E-state index contributed by atoms with van der Waals surface area (Å²) in [5.74, 6) is 2.56. The van der Waals surface area contributed by atoms with Crippen LogP contribution < -0.4 is 24.4 Å². The van der Waals surface area contributed by atoms with Crippen molar-refractivity contribution in [1.82, 2.24) is 9.88 Å². The van der Waals surface area contributed by atoms with E-state index in [4.69, 9.17) is 14.2 Å². The van der Waals surface area contributed by atoms with Crippen molar-refractivity contribution in [3.8, 4) is 17.2 Å². The number of nitrogens with one attached hydrogen (secondary N) is 1. The summed E-state index contributed by atoms with van der Waals surface area (Å²) in [5, 5.41) is 2.96. The van der Waals surface area contributed by atoms with E-state index in [0.717, 1.165) is 5.75 Å². The standard InChI is InChI=1S/C27H28N4O5/c32-25(9-5-17-34-21-6-2-1-3-7-21)30-13-15-31(16-14-30)26-22(8-4-12-28-26)29-27(33)20-10-11-23-24(18-20)36-19-35-23/h1-4,6-8,10-12,18H,5,9,13-17,19H2,(H,29,33). The largest absolute Gasteiger partial charge is 0.494 e. The van der Waals surface area contributed by atoms with Crippen LogP contribution in [0.3, 0.4) is 0 Å². The van der Waals surface area contributed by atoms with Gasteiger partial charge in [-0.15, -0.1) is 0 Å². The maximum absolute atomic E-state index is 12.9. The van der Waals surface area contributed by atoms with Crippen molar-refractivity contribution in [2.24, 2.45) is 0 Å². The molecule has 3 aromatic rings. The predicted octanol–water partition coefficient (Wildman–Crippen LogP) is 3.57. The van der Waals surface area contributed by atoms with Crippen LogP contribution in [0.5, 0.6) is 17.2 Å². The van der Waals surface area contributed by atoms with Gasteiger partial charge in [0, 0.05) is 44.4 Å². The molecule has 0 atom stereocenters. The Kier molecular flexibility index (Phi) is 7.16. The number of hydrogen-bond acceptors (Lipinski definition) is 7. The van der Waals surface area contributed by atoms with Gasteiger partial charge in [-0.3, -0.25) is 9.59 Å². The number of carbonyl (C=O) groups is 2. The number of benzene rings is 2. The first-order valence-electron chi connectivity index (χ1n) is 12.0. The molecule has 1 aromatic heterocycles. The van der Waals surface area contributed by atoms with Gasteiger partial charge in [0.15, 0.2) is 17.3 Å². The topological polar surface area (TPSA) is 93.2 Å². The Balaban J connectivity index is 1.13. The van der Waals surface area contributed by atoms with Crippen LogP contribution in [0.1, 0.15) is 23.2 Å². The van der Waals surface area contributed by atoms with E-state index in [1.807, 2.05) is 41.3 Å². The van der Waals surface area contributed by atoms with E-state index in [9.17, 15) is 9.59 Å². The lowest BCUT2D eigenvalue weighted by Crippen LogP contribution is -2.49. The molecule has 5 rings (SSSR count). The van der Waals surface area contributed by atoms with Gasteiger partial charge in [-0.1, -0.05) is 18.2 Å². The van der Waals surface area contributed by atoms with Gasteiger partial charge in [-0.05, 0) is 48.9 Å². The molecule has 0 spiro atoms. The Morgan fingerprint density at radius 3 is 2.58 bits per heavy atom. The van der Waals surface area contributed by atoms with E-state index >= 15 is 0 Å². The van der Waals surface area contributed by atoms with E-state index in [2.05, 4.69) is 15.2 Å². The van der Waals surface area contributed by atoms with Gasteiger partial charge in [-0.25, -0.2) is 4.98 Å². The fraction of sp³-hybridized carbons (Fsp3) is 0.296. The zero-order chi connectivity index (χ0) is 24.7. The van der Waals surface area contributed by atoms with E-state index in [1.54, 1.807) is 30.5 Å². The summed E-state index contributed by atoms with van der Waals surface area (Å²) < 4.78 is 16.4. The number of aromatic nitrogens is 1. The van der Waals surface area contributed by atoms with Crippen LogP contribution in [0.25, 0.3) is 0 Å². The average molecular weight is 489 g/mol. The van der Waals surface area contributed by atoms with Gasteiger partial charge in [0.1, 0.15) is 5.75 Å². The number of hydrogen-bond donors (Lipinski definition) is 1. The van der Waals surface area contributed by atoms with Crippen LogP contribution in [-0.4, -0.2) is 61.3 Å². The van der Waals surface area contributed by atoms with Crippen LogP contribution in [0.15, 0.2) is 66.9 Å². The second kappa shape index (κ2) is 11.0. The highest BCUT2D eigenvalue weighted by Gasteiger charge is 2.24. The molecule has 0 bridgehead atoms. The molecule has 36 heavy (non-hydrogen) atoms. The number of nitrogens with zero attached hydrogens (tertiary/aromatic N) is 3. The predicted molar refractivity (Wildman–Crippen MR) is 135 cm³/mol. The summed E-state index contributed by atoms with van der Waals surface area (Å²) in [4.78, 5) is 34.0. The van der Waals surface area contributed by atoms with Gasteiger partial charge >= 0.3 is 0 Å². The van der Waals surface area contributed by atoms with Crippen LogP contribution in [-0.2, 0) is 4.79 Å². The molecular weight excluding hydrogens is 460 g/mol. The number of fused-ring (bicyclic) bond motifs is 1. The van der Waals surface area contributed by atoms with Crippen LogP contribution in [0.4, 0.5) is 11.5 Å². The van der Waals surface area contributed by atoms with E-state index in [-0.39, 0.29) is 18.6 Å². The van der Waals surface area contributed by atoms with Gasteiger partial charge < -0.3 is 29.3 Å². The zero-order valence-corrected chi connectivity index (χ0v) is 19.9. The quantitative estimate of drug-likeness (QED) is 0.485. The fourth-order valence-corrected chi connectivity index (χ4v) is 4.23. The normalized spacial score (nSPS) is 14.4. The van der Waals surface area contributed by atoms with E-state index < -0.39 is 0 Å². The summed E-state index contributed by atoms with van der Waals surface area (Å²) in [5.41, 5.74) is 1.10. The molecule has 2 amide bonds. The third-order valence-electron chi connectivity index (χ3n) is 6.15. The molecule has 0 saturated carbocycles. The third kappa shape index (κ3) is 5.51. The van der Waals surface area contributed by atoms with E-state index in [0.29, 0.717) is 74.2 Å². The number of amides is 2. The first kappa shape index (κ1) is 23.5. The SMILES string of the molecule is O=C(Nc1cccnc1N1CCN(C(=O)CCCOc2ccccc2)CC1)c1ccc2c(c1)OCO2. The maximum atomic E-state index is 12.9. The minimum atomic E-state index is -0.255. The second-order valence-corrected chi connectivity index (χ2v) is 8.53. The number of rotatable bonds is 8. The Labute approximate surface area is 209 Å². The van der Waals surface area contributed by atoms with Gasteiger partial charge in [0.05, 0.1) is 12.3 Å². The van der Waals surface area contributed by atoms with Crippen LogP contribution in [0, 0.1) is 0 Å². The van der Waals surface area contributed by atoms with Crippen LogP contribution in [0.2, 0.25) is 0 Å². The average Bonchev–Trinajstić information content (AvgIpc) is 3.40. The third-order valence-corrected chi connectivity index (χ3v) is 6.15. The Morgan fingerprint density at radius 1 is 0.944 bits per heavy atom. The van der Waals surface area contributed by atoms with Crippen molar-refractivity contribution in [3.63, 3.8) is 0 Å². The molecule has 0 radical (unpaired) electrons. The summed E-state index contributed by atoms with van der Waals surface area (Å²) in [6.07, 6.45) is 2.83. The maximum Gasteiger partial charge on any atom is 0.255 e.